The molecule has 23 heavy (non-hydrogen) atoms. The van der Waals surface area contributed by atoms with Crippen molar-refractivity contribution in [1.29, 1.82) is 0 Å². The Morgan fingerprint density at radius 2 is 1.65 bits per heavy atom. The van der Waals surface area contributed by atoms with E-state index in [1.54, 1.807) is 10.4 Å². The van der Waals surface area contributed by atoms with Crippen LogP contribution >= 0.6 is 0 Å². The van der Waals surface area contributed by atoms with Crippen LogP contribution < -0.4 is 42.4 Å². The van der Waals surface area contributed by atoms with Crippen LogP contribution in [0.25, 0.3) is 0 Å². The molecule has 0 amide bonds. The molecule has 1 aliphatic carbocycles. The molecule has 0 heterocycles. The van der Waals surface area contributed by atoms with Crippen molar-refractivity contribution >= 4 is 13.3 Å². The van der Waals surface area contributed by atoms with Crippen molar-refractivity contribution in [2.75, 3.05) is 0 Å². The Balaban J connectivity index is -0.000001000. The SMILES string of the molecule is CCC(C)C1=[C-]CC=C1[Si](C)(CC)c1ccccc1.[Cl-].[Cl-].[Cl-].[Ti+4]. The summed E-state index contributed by atoms with van der Waals surface area (Å²) in [5.74, 6) is 0.649. The summed E-state index contributed by atoms with van der Waals surface area (Å²) in [7, 11) is -1.55. The van der Waals surface area contributed by atoms with Crippen LogP contribution in [0.1, 0.15) is 33.6 Å². The maximum atomic E-state index is 3.63. The van der Waals surface area contributed by atoms with Crippen molar-refractivity contribution in [1.82, 2.24) is 0 Å². The molecule has 2 rings (SSSR count). The summed E-state index contributed by atoms with van der Waals surface area (Å²) in [6.07, 6.45) is 8.30. The minimum absolute atomic E-state index is 0. The molecule has 2 atom stereocenters. The van der Waals surface area contributed by atoms with Gasteiger partial charge in [-0.05, 0) is 0 Å². The molecule has 5 heteroatoms. The van der Waals surface area contributed by atoms with Crippen molar-refractivity contribution in [3.05, 3.63) is 53.3 Å². The van der Waals surface area contributed by atoms with Crippen LogP contribution in [0.5, 0.6) is 0 Å². The molecular formula is C18H25Cl3SiTi. The van der Waals surface area contributed by atoms with E-state index in [0.29, 0.717) is 5.92 Å². The molecule has 0 aliphatic heterocycles. The van der Waals surface area contributed by atoms with Crippen LogP contribution in [0.4, 0.5) is 0 Å². The van der Waals surface area contributed by atoms with Gasteiger partial charge in [0, 0.05) is 8.07 Å². The van der Waals surface area contributed by atoms with Gasteiger partial charge in [0.25, 0.3) is 0 Å². The maximum absolute atomic E-state index is 3.63. The topological polar surface area (TPSA) is 0 Å². The average Bonchev–Trinajstić information content (AvgIpc) is 2.96. The molecule has 0 aromatic heterocycles. The van der Waals surface area contributed by atoms with Crippen LogP contribution in [-0.2, 0) is 21.7 Å². The Bertz CT molecular complexity index is 502. The Labute approximate surface area is 176 Å². The van der Waals surface area contributed by atoms with Crippen molar-refractivity contribution in [3.63, 3.8) is 0 Å². The summed E-state index contributed by atoms with van der Waals surface area (Å²) in [5.41, 5.74) is 1.52. The molecule has 1 aromatic rings. The molecular weight excluding hydrogens is 399 g/mol. The van der Waals surface area contributed by atoms with Crippen LogP contribution in [0.3, 0.4) is 0 Å². The summed E-state index contributed by atoms with van der Waals surface area (Å²) < 4.78 is 0. The second-order valence-corrected chi connectivity index (χ2v) is 10.3. The zero-order chi connectivity index (χ0) is 13.9. The Hall–Kier alpha value is 0.501. The van der Waals surface area contributed by atoms with Gasteiger partial charge in [0.2, 0.25) is 0 Å². The number of hydrogen-bond donors (Lipinski definition) is 0. The largest absolute Gasteiger partial charge is 4.00 e. The number of halogens is 3. The Kier molecular flexibility index (Phi) is 15.8. The predicted molar refractivity (Wildman–Crippen MR) is 87.1 cm³/mol. The fraction of sp³-hybridized carbons (Fsp3) is 0.444. The summed E-state index contributed by atoms with van der Waals surface area (Å²) in [4.78, 5) is 0. The van der Waals surface area contributed by atoms with E-state index in [9.17, 15) is 0 Å². The molecule has 0 nitrogen and oxygen atoms in total. The second-order valence-electron chi connectivity index (χ2n) is 5.77. The van der Waals surface area contributed by atoms with E-state index >= 15 is 0 Å². The van der Waals surface area contributed by atoms with Crippen LogP contribution in [0.2, 0.25) is 12.6 Å². The monoisotopic (exact) mass is 422 g/mol. The normalized spacial score (nSPS) is 16.2. The van der Waals surface area contributed by atoms with E-state index in [1.165, 1.54) is 18.0 Å². The number of allylic oxidation sites excluding steroid dienone is 4. The minimum atomic E-state index is -1.55. The first-order valence-corrected chi connectivity index (χ1v) is 10.2. The zero-order valence-corrected chi connectivity index (χ0v) is 19.1. The number of hydrogen-bond acceptors (Lipinski definition) is 0. The molecule has 1 aromatic carbocycles. The third-order valence-corrected chi connectivity index (χ3v) is 9.39. The van der Waals surface area contributed by atoms with Gasteiger partial charge in [0.05, 0.1) is 0 Å². The summed E-state index contributed by atoms with van der Waals surface area (Å²) >= 11 is 0. The van der Waals surface area contributed by atoms with E-state index in [0.717, 1.165) is 6.42 Å². The molecule has 126 valence electrons. The van der Waals surface area contributed by atoms with Gasteiger partial charge in [-0.2, -0.15) is 11.3 Å². The van der Waals surface area contributed by atoms with Crippen molar-refractivity contribution in [2.24, 2.45) is 5.92 Å². The average molecular weight is 424 g/mol. The Morgan fingerprint density at radius 1 is 1.09 bits per heavy atom. The third kappa shape index (κ3) is 6.06. The first-order valence-electron chi connectivity index (χ1n) is 7.50. The van der Waals surface area contributed by atoms with Crippen LogP contribution in [0, 0.1) is 12.0 Å². The van der Waals surface area contributed by atoms with E-state index < -0.39 is 8.07 Å². The van der Waals surface area contributed by atoms with Gasteiger partial charge in [-0.3, -0.25) is 6.08 Å². The predicted octanol–water partition coefficient (Wildman–Crippen LogP) is -4.35. The number of rotatable bonds is 5. The smallest absolute Gasteiger partial charge is 1.00 e. The maximum Gasteiger partial charge on any atom is 4.00 e. The Morgan fingerprint density at radius 3 is 2.13 bits per heavy atom. The molecule has 0 spiro atoms. The van der Waals surface area contributed by atoms with Gasteiger partial charge < -0.3 is 37.2 Å². The van der Waals surface area contributed by atoms with Crippen molar-refractivity contribution in [2.45, 2.75) is 46.2 Å². The molecule has 0 N–H and O–H groups in total. The van der Waals surface area contributed by atoms with Gasteiger partial charge >= 0.3 is 21.7 Å². The van der Waals surface area contributed by atoms with Crippen LogP contribution in [0.15, 0.2) is 47.2 Å². The molecule has 0 radical (unpaired) electrons. The van der Waals surface area contributed by atoms with E-state index in [2.05, 4.69) is 69.8 Å². The fourth-order valence-electron chi connectivity index (χ4n) is 2.99. The van der Waals surface area contributed by atoms with E-state index in [4.69, 9.17) is 0 Å². The second kappa shape index (κ2) is 12.8. The van der Waals surface area contributed by atoms with Crippen molar-refractivity contribution < 1.29 is 58.9 Å². The van der Waals surface area contributed by atoms with E-state index in [-0.39, 0.29) is 58.9 Å². The molecule has 0 bridgehead atoms. The molecule has 1 aliphatic rings. The summed E-state index contributed by atoms with van der Waals surface area (Å²) in [5, 5.41) is 3.21. The minimum Gasteiger partial charge on any atom is -1.00 e. The van der Waals surface area contributed by atoms with Crippen molar-refractivity contribution in [3.8, 4) is 0 Å². The van der Waals surface area contributed by atoms with Crippen LogP contribution in [-0.4, -0.2) is 8.07 Å². The van der Waals surface area contributed by atoms with E-state index in [1.807, 2.05) is 0 Å². The standard InChI is InChI=1S/C18H25Si.3ClH.Ti/c1-5-15(3)17-13-10-14-18(17)19(4,6-2)16-11-8-7-9-12-16;;;;/h7-9,11-12,14-15H,5-6,10H2,1-4H3;3*1H;/q-1;;;;+4/p-3. The van der Waals surface area contributed by atoms with Gasteiger partial charge in [-0.15, -0.1) is 6.42 Å². The first-order chi connectivity index (χ1) is 9.13. The zero-order valence-electron chi connectivity index (χ0n) is 14.3. The van der Waals surface area contributed by atoms with Gasteiger partial charge in [-0.1, -0.05) is 81.2 Å². The summed E-state index contributed by atoms with van der Waals surface area (Å²) in [6, 6.07) is 12.4. The molecule has 0 saturated heterocycles. The molecule has 0 fully saturated rings. The van der Waals surface area contributed by atoms with Gasteiger partial charge in [0.1, 0.15) is 0 Å². The third-order valence-electron chi connectivity index (χ3n) is 4.71. The summed E-state index contributed by atoms with van der Waals surface area (Å²) in [6.45, 7) is 9.50. The first kappa shape index (κ1) is 28.3. The quantitative estimate of drug-likeness (QED) is 0.332. The van der Waals surface area contributed by atoms with Gasteiger partial charge in [0.15, 0.2) is 0 Å². The number of benzene rings is 1. The fourth-order valence-corrected chi connectivity index (χ4v) is 6.50. The molecule has 0 saturated carbocycles. The molecule has 2 unspecified atom stereocenters. The van der Waals surface area contributed by atoms with Gasteiger partial charge in [-0.25, -0.2) is 5.57 Å².